The van der Waals surface area contributed by atoms with Gasteiger partial charge in [-0.3, -0.25) is 0 Å². The monoisotopic (exact) mass is 392 g/mol. The van der Waals surface area contributed by atoms with Crippen LogP contribution in [0.4, 0.5) is 0 Å². The predicted octanol–water partition coefficient (Wildman–Crippen LogP) is 2.04. The van der Waals surface area contributed by atoms with Gasteiger partial charge in [-0.05, 0) is 13.8 Å². The number of methoxy groups -OCH3 is 2. The maximum atomic E-state index is 9.25. The number of carboxylic acid groups (broad SMARTS) is 4. The van der Waals surface area contributed by atoms with Crippen LogP contribution in [0.2, 0.25) is 0 Å². The third-order valence-corrected chi connectivity index (χ3v) is 1.68. The number of hydrogen-bond donors (Lipinski definition) is 4. The van der Waals surface area contributed by atoms with Crippen molar-refractivity contribution < 1.29 is 49.1 Å². The zero-order chi connectivity index (χ0) is 23.1. The molecule has 0 aliphatic rings. The Bertz CT molecular complexity index is 400. The third kappa shape index (κ3) is 84.7. The Morgan fingerprint density at radius 3 is 0.741 bits per heavy atom. The van der Waals surface area contributed by atoms with E-state index in [2.05, 4.69) is 26.3 Å². The van der Waals surface area contributed by atoms with Crippen molar-refractivity contribution in [3.05, 3.63) is 50.6 Å². The summed E-state index contributed by atoms with van der Waals surface area (Å²) in [5, 5.41) is 30.4. The van der Waals surface area contributed by atoms with Crippen molar-refractivity contribution in [1.29, 1.82) is 0 Å². The fraction of sp³-hybridized carbons (Fsp3) is 0.294. The van der Waals surface area contributed by atoms with Crippen LogP contribution in [0.5, 0.6) is 0 Å². The molecule has 0 saturated heterocycles. The number of carboxylic acids is 4. The van der Waals surface area contributed by atoms with Crippen molar-refractivity contribution in [2.45, 2.75) is 19.6 Å². The average molecular weight is 392 g/mol. The van der Waals surface area contributed by atoms with Gasteiger partial charge < -0.3 is 29.9 Å². The van der Waals surface area contributed by atoms with Crippen LogP contribution in [0, 0.1) is 0 Å². The van der Waals surface area contributed by atoms with Crippen LogP contribution in [-0.4, -0.2) is 64.3 Å². The molecule has 10 heteroatoms. The van der Waals surface area contributed by atoms with Crippen molar-refractivity contribution in [2.75, 3.05) is 14.2 Å². The molecule has 0 fully saturated rings. The van der Waals surface area contributed by atoms with E-state index in [4.69, 9.17) is 29.9 Å². The Morgan fingerprint density at radius 1 is 0.630 bits per heavy atom. The van der Waals surface area contributed by atoms with E-state index >= 15 is 0 Å². The third-order valence-electron chi connectivity index (χ3n) is 1.68. The second-order valence-electron chi connectivity index (χ2n) is 3.98. The highest BCUT2D eigenvalue weighted by atomic mass is 16.7. The Balaban J connectivity index is -0.0000000753. The lowest BCUT2D eigenvalue weighted by atomic mass is 10.4. The van der Waals surface area contributed by atoms with Gasteiger partial charge in [0, 0.05) is 38.5 Å². The summed E-state index contributed by atoms with van der Waals surface area (Å²) in [7, 11) is 3.23. The van der Waals surface area contributed by atoms with Crippen molar-refractivity contribution in [2.24, 2.45) is 0 Å². The molecule has 0 bridgehead atoms. The van der Waals surface area contributed by atoms with Crippen LogP contribution >= 0.6 is 0 Å². The van der Waals surface area contributed by atoms with E-state index in [9.17, 15) is 19.2 Å². The van der Waals surface area contributed by atoms with Gasteiger partial charge in [-0.1, -0.05) is 26.3 Å². The maximum absolute atomic E-state index is 9.25. The summed E-state index contributed by atoms with van der Waals surface area (Å²) in [6, 6.07) is 0. The topological polar surface area (TPSA) is 168 Å². The minimum Gasteiger partial charge on any atom is -0.478 e. The zero-order valence-corrected chi connectivity index (χ0v) is 15.9. The second kappa shape index (κ2) is 25.0. The molecule has 4 N–H and O–H groups in total. The molecule has 0 aliphatic heterocycles. The summed E-state index contributed by atoms with van der Waals surface area (Å²) >= 11 is 0. The summed E-state index contributed by atoms with van der Waals surface area (Å²) in [4.78, 5) is 37.0. The first-order valence-electron chi connectivity index (χ1n) is 6.72. The number of carbonyl (C=O) groups is 4. The summed E-state index contributed by atoms with van der Waals surface area (Å²) in [6.07, 6.45) is 3.33. The quantitative estimate of drug-likeness (QED) is 0.388. The molecule has 0 aromatic rings. The minimum absolute atomic E-state index is 0.417. The lowest BCUT2D eigenvalue weighted by Crippen LogP contribution is -2.24. The molecule has 0 saturated carbocycles. The van der Waals surface area contributed by atoms with E-state index in [1.165, 1.54) is 0 Å². The molecular formula is C17H28O10. The van der Waals surface area contributed by atoms with Gasteiger partial charge in [-0.2, -0.15) is 0 Å². The van der Waals surface area contributed by atoms with Gasteiger partial charge >= 0.3 is 23.9 Å². The summed E-state index contributed by atoms with van der Waals surface area (Å²) in [6.45, 7) is 15.6. The number of hydrogen-bond acceptors (Lipinski definition) is 6. The molecule has 10 nitrogen and oxygen atoms in total. The Hall–Kier alpha value is -3.24. The van der Waals surface area contributed by atoms with Crippen LogP contribution in [0.1, 0.15) is 13.8 Å². The molecule has 0 rings (SSSR count). The lowest BCUT2D eigenvalue weighted by molar-refractivity contribution is -0.178. The zero-order valence-electron chi connectivity index (χ0n) is 15.9. The van der Waals surface area contributed by atoms with Gasteiger partial charge in [0.05, 0.1) is 0 Å². The highest BCUT2D eigenvalue weighted by Gasteiger charge is 2.11. The molecule has 0 unspecified atom stereocenters. The summed E-state index contributed by atoms with van der Waals surface area (Å²) < 4.78 is 9.73. The van der Waals surface area contributed by atoms with Crippen LogP contribution in [0.25, 0.3) is 0 Å². The van der Waals surface area contributed by atoms with E-state index < -0.39 is 29.7 Å². The maximum Gasteiger partial charge on any atom is 0.327 e. The predicted molar refractivity (Wildman–Crippen MR) is 99.4 cm³/mol. The Kier molecular flexibility index (Phi) is 32.4. The van der Waals surface area contributed by atoms with E-state index in [-0.39, 0.29) is 0 Å². The second-order valence-corrected chi connectivity index (χ2v) is 3.98. The number of ether oxygens (including phenoxy) is 2. The van der Waals surface area contributed by atoms with Crippen molar-refractivity contribution in [3.8, 4) is 0 Å². The van der Waals surface area contributed by atoms with Gasteiger partial charge in [0.1, 0.15) is 0 Å². The van der Waals surface area contributed by atoms with E-state index in [1.54, 1.807) is 14.2 Å². The number of rotatable bonds is 6. The first-order chi connectivity index (χ1) is 12.2. The molecule has 156 valence electrons. The molecule has 0 heterocycles. The molecule has 0 radical (unpaired) electrons. The van der Waals surface area contributed by atoms with Gasteiger partial charge in [0.25, 0.3) is 0 Å². The van der Waals surface area contributed by atoms with Gasteiger partial charge in [0.2, 0.25) is 0 Å². The fourth-order valence-electron chi connectivity index (χ4n) is 0.0833. The van der Waals surface area contributed by atoms with Gasteiger partial charge in [0.15, 0.2) is 5.79 Å². The molecule has 0 aromatic heterocycles. The van der Waals surface area contributed by atoms with Crippen molar-refractivity contribution in [3.63, 3.8) is 0 Å². The molecular weight excluding hydrogens is 364 g/mol. The van der Waals surface area contributed by atoms with Crippen LogP contribution in [0.15, 0.2) is 50.6 Å². The van der Waals surface area contributed by atoms with Crippen LogP contribution in [-0.2, 0) is 28.7 Å². The normalized spacial score (nSPS) is 7.85. The Labute approximate surface area is 158 Å². The minimum atomic E-state index is -0.981. The first kappa shape index (κ1) is 35.0. The average Bonchev–Trinajstić information content (AvgIpc) is 2.63. The fourth-order valence-corrected chi connectivity index (χ4v) is 0.0833. The highest BCUT2D eigenvalue weighted by Crippen LogP contribution is 2.05. The summed E-state index contributed by atoms with van der Waals surface area (Å²) in [5.41, 5.74) is 0. The summed E-state index contributed by atoms with van der Waals surface area (Å²) in [5.74, 6) is -4.34. The standard InChI is InChI=1S/C5H12O2.4C3H4O2/c1-5(2,6-3)7-4;4*1-2-3(4)5/h1-4H3;4*2H,1H2,(H,4,5). The first-order valence-corrected chi connectivity index (χ1v) is 6.72. The highest BCUT2D eigenvalue weighted by molar-refractivity contribution is 5.79. The lowest BCUT2D eigenvalue weighted by Gasteiger charge is -2.19. The van der Waals surface area contributed by atoms with E-state index in [0.717, 1.165) is 24.3 Å². The smallest absolute Gasteiger partial charge is 0.327 e. The molecule has 27 heavy (non-hydrogen) atoms. The largest absolute Gasteiger partial charge is 0.478 e. The van der Waals surface area contributed by atoms with Crippen LogP contribution in [0.3, 0.4) is 0 Å². The molecule has 0 spiro atoms. The van der Waals surface area contributed by atoms with Gasteiger partial charge in [-0.25, -0.2) is 19.2 Å². The molecule has 0 aromatic carbocycles. The number of aliphatic carboxylic acids is 4. The van der Waals surface area contributed by atoms with Crippen molar-refractivity contribution >= 4 is 23.9 Å². The van der Waals surface area contributed by atoms with Crippen molar-refractivity contribution in [1.82, 2.24) is 0 Å². The van der Waals surface area contributed by atoms with Crippen LogP contribution < -0.4 is 0 Å². The van der Waals surface area contributed by atoms with E-state index in [1.807, 2.05) is 13.8 Å². The van der Waals surface area contributed by atoms with E-state index in [0.29, 0.717) is 0 Å². The molecule has 0 aliphatic carbocycles. The molecule has 0 atom stereocenters. The van der Waals surface area contributed by atoms with Gasteiger partial charge in [-0.15, -0.1) is 0 Å². The SMILES string of the molecule is C=CC(=O)O.C=CC(=O)O.C=CC(=O)O.C=CC(=O)O.COC(C)(C)OC. The molecule has 0 amide bonds. The Morgan fingerprint density at radius 2 is 0.741 bits per heavy atom.